The molecule has 0 aliphatic carbocycles. The van der Waals surface area contributed by atoms with Crippen molar-refractivity contribution in [3.8, 4) is 5.75 Å². The standard InChI is InChI=1S/C14H20BrNO/c1-5-16(9-11(2)3)10-12-8-13(15)6-7-14(12)17-4/h6-8H,2,5,9-10H2,1,3-4H3. The highest BCUT2D eigenvalue weighted by Crippen LogP contribution is 2.24. The Hall–Kier alpha value is -0.800. The van der Waals surface area contributed by atoms with Crippen molar-refractivity contribution in [1.29, 1.82) is 0 Å². The smallest absolute Gasteiger partial charge is 0.123 e. The van der Waals surface area contributed by atoms with Crippen molar-refractivity contribution < 1.29 is 4.74 Å². The zero-order valence-electron chi connectivity index (χ0n) is 10.8. The van der Waals surface area contributed by atoms with E-state index in [9.17, 15) is 0 Å². The van der Waals surface area contributed by atoms with Crippen LogP contribution < -0.4 is 4.74 Å². The Morgan fingerprint density at radius 1 is 1.47 bits per heavy atom. The molecule has 0 aliphatic heterocycles. The average Bonchev–Trinajstić information content (AvgIpc) is 2.28. The van der Waals surface area contributed by atoms with Gasteiger partial charge in [-0.2, -0.15) is 0 Å². The number of hydrogen-bond acceptors (Lipinski definition) is 2. The third-order valence-corrected chi connectivity index (χ3v) is 3.07. The Morgan fingerprint density at radius 3 is 2.71 bits per heavy atom. The molecule has 0 fully saturated rings. The summed E-state index contributed by atoms with van der Waals surface area (Å²) in [5, 5.41) is 0. The lowest BCUT2D eigenvalue weighted by atomic mass is 10.1. The minimum absolute atomic E-state index is 0.881. The van der Waals surface area contributed by atoms with Crippen LogP contribution in [0.5, 0.6) is 5.75 Å². The predicted octanol–water partition coefficient (Wildman–Crippen LogP) is 3.86. The molecule has 0 heterocycles. The number of nitrogens with zero attached hydrogens (tertiary/aromatic N) is 1. The van der Waals surface area contributed by atoms with Gasteiger partial charge in [-0.25, -0.2) is 0 Å². The first kappa shape index (κ1) is 14.3. The Kier molecular flexibility index (Phi) is 5.72. The molecule has 0 spiro atoms. The number of hydrogen-bond donors (Lipinski definition) is 0. The lowest BCUT2D eigenvalue weighted by molar-refractivity contribution is 0.297. The highest BCUT2D eigenvalue weighted by molar-refractivity contribution is 9.10. The summed E-state index contributed by atoms with van der Waals surface area (Å²) in [7, 11) is 1.71. The van der Waals surface area contributed by atoms with Gasteiger partial charge in [0, 0.05) is 23.1 Å². The minimum Gasteiger partial charge on any atom is -0.496 e. The summed E-state index contributed by atoms with van der Waals surface area (Å²) >= 11 is 3.50. The second kappa shape index (κ2) is 6.82. The zero-order valence-corrected chi connectivity index (χ0v) is 12.4. The summed E-state index contributed by atoms with van der Waals surface area (Å²) in [6.45, 7) is 11.0. The first-order valence-electron chi connectivity index (χ1n) is 5.76. The van der Waals surface area contributed by atoms with Gasteiger partial charge in [0.25, 0.3) is 0 Å². The fraction of sp³-hybridized carbons (Fsp3) is 0.429. The van der Waals surface area contributed by atoms with Crippen molar-refractivity contribution in [2.24, 2.45) is 0 Å². The van der Waals surface area contributed by atoms with Crippen molar-refractivity contribution in [3.63, 3.8) is 0 Å². The maximum Gasteiger partial charge on any atom is 0.123 e. The number of halogens is 1. The van der Waals surface area contributed by atoms with Crippen LogP contribution in [0.1, 0.15) is 19.4 Å². The van der Waals surface area contributed by atoms with E-state index in [0.717, 1.165) is 29.9 Å². The first-order valence-corrected chi connectivity index (χ1v) is 6.55. The average molecular weight is 298 g/mol. The molecule has 0 aromatic heterocycles. The van der Waals surface area contributed by atoms with Crippen LogP contribution in [0.4, 0.5) is 0 Å². The van der Waals surface area contributed by atoms with E-state index >= 15 is 0 Å². The maximum atomic E-state index is 5.38. The Balaban J connectivity index is 2.84. The topological polar surface area (TPSA) is 12.5 Å². The largest absolute Gasteiger partial charge is 0.496 e. The molecule has 0 radical (unpaired) electrons. The van der Waals surface area contributed by atoms with Gasteiger partial charge < -0.3 is 4.74 Å². The first-order chi connectivity index (χ1) is 8.06. The monoisotopic (exact) mass is 297 g/mol. The van der Waals surface area contributed by atoms with Crippen LogP contribution in [0, 0.1) is 0 Å². The van der Waals surface area contributed by atoms with Crippen LogP contribution >= 0.6 is 15.9 Å². The molecule has 17 heavy (non-hydrogen) atoms. The van der Waals surface area contributed by atoms with Crippen LogP contribution in [0.3, 0.4) is 0 Å². The second-order valence-electron chi connectivity index (χ2n) is 4.22. The van der Waals surface area contributed by atoms with Crippen LogP contribution in [0.15, 0.2) is 34.8 Å². The quantitative estimate of drug-likeness (QED) is 0.740. The van der Waals surface area contributed by atoms with Gasteiger partial charge in [0.15, 0.2) is 0 Å². The summed E-state index contributed by atoms with van der Waals surface area (Å²) < 4.78 is 6.46. The van der Waals surface area contributed by atoms with E-state index in [2.05, 4.69) is 47.3 Å². The second-order valence-corrected chi connectivity index (χ2v) is 5.13. The Morgan fingerprint density at radius 2 is 2.18 bits per heavy atom. The third kappa shape index (κ3) is 4.52. The van der Waals surface area contributed by atoms with Gasteiger partial charge in [-0.3, -0.25) is 4.90 Å². The van der Waals surface area contributed by atoms with Crippen molar-refractivity contribution >= 4 is 15.9 Å². The van der Waals surface area contributed by atoms with Gasteiger partial charge in [0.05, 0.1) is 7.11 Å². The molecular formula is C14H20BrNO. The van der Waals surface area contributed by atoms with Gasteiger partial charge in [-0.05, 0) is 31.7 Å². The molecule has 2 nitrogen and oxygen atoms in total. The molecule has 0 atom stereocenters. The molecule has 0 unspecified atom stereocenters. The van der Waals surface area contributed by atoms with E-state index in [1.807, 2.05) is 12.1 Å². The number of methoxy groups -OCH3 is 1. The highest BCUT2D eigenvalue weighted by Gasteiger charge is 2.09. The van der Waals surface area contributed by atoms with E-state index in [-0.39, 0.29) is 0 Å². The van der Waals surface area contributed by atoms with E-state index in [0.29, 0.717) is 0 Å². The fourth-order valence-electron chi connectivity index (χ4n) is 1.77. The van der Waals surface area contributed by atoms with Gasteiger partial charge >= 0.3 is 0 Å². The van der Waals surface area contributed by atoms with Crippen LogP contribution in [-0.4, -0.2) is 25.1 Å². The summed E-state index contributed by atoms with van der Waals surface area (Å²) in [6, 6.07) is 6.10. The number of benzene rings is 1. The van der Waals surface area contributed by atoms with Crippen molar-refractivity contribution in [2.45, 2.75) is 20.4 Å². The van der Waals surface area contributed by atoms with Crippen LogP contribution in [0.25, 0.3) is 0 Å². The summed E-state index contributed by atoms with van der Waals surface area (Å²) in [5.41, 5.74) is 2.38. The molecule has 1 aromatic carbocycles. The van der Waals surface area contributed by atoms with E-state index < -0.39 is 0 Å². The molecule has 0 bridgehead atoms. The molecule has 0 amide bonds. The van der Waals surface area contributed by atoms with E-state index in [1.165, 1.54) is 11.1 Å². The maximum absolute atomic E-state index is 5.38. The molecule has 94 valence electrons. The number of likely N-dealkylation sites (N-methyl/N-ethyl adjacent to an activating group) is 1. The number of rotatable bonds is 6. The van der Waals surface area contributed by atoms with Crippen molar-refractivity contribution in [1.82, 2.24) is 4.90 Å². The molecule has 0 N–H and O–H groups in total. The zero-order chi connectivity index (χ0) is 12.8. The Bertz CT molecular complexity index is 390. The van der Waals surface area contributed by atoms with Crippen molar-refractivity contribution in [3.05, 3.63) is 40.4 Å². The van der Waals surface area contributed by atoms with Gasteiger partial charge in [0.1, 0.15) is 5.75 Å². The number of ether oxygens (including phenoxy) is 1. The molecule has 0 saturated carbocycles. The molecule has 0 aliphatic rings. The molecule has 3 heteroatoms. The predicted molar refractivity (Wildman–Crippen MR) is 76.5 cm³/mol. The minimum atomic E-state index is 0.881. The van der Waals surface area contributed by atoms with Gasteiger partial charge in [0.2, 0.25) is 0 Å². The molecular weight excluding hydrogens is 278 g/mol. The lowest BCUT2D eigenvalue weighted by Gasteiger charge is -2.21. The molecule has 1 aromatic rings. The van der Waals surface area contributed by atoms with E-state index in [1.54, 1.807) is 7.11 Å². The van der Waals surface area contributed by atoms with E-state index in [4.69, 9.17) is 4.74 Å². The lowest BCUT2D eigenvalue weighted by Crippen LogP contribution is -2.24. The fourth-order valence-corrected chi connectivity index (χ4v) is 2.18. The normalized spacial score (nSPS) is 10.6. The van der Waals surface area contributed by atoms with Gasteiger partial charge in [-0.15, -0.1) is 0 Å². The van der Waals surface area contributed by atoms with Crippen molar-refractivity contribution in [2.75, 3.05) is 20.2 Å². The van der Waals surface area contributed by atoms with Crippen LogP contribution in [0.2, 0.25) is 0 Å². The third-order valence-electron chi connectivity index (χ3n) is 2.58. The summed E-state index contributed by atoms with van der Waals surface area (Å²) in [6.07, 6.45) is 0. The van der Waals surface area contributed by atoms with Crippen LogP contribution in [-0.2, 0) is 6.54 Å². The SMILES string of the molecule is C=C(C)CN(CC)Cc1cc(Br)ccc1OC. The van der Waals surface area contributed by atoms with Gasteiger partial charge in [-0.1, -0.05) is 35.0 Å². The Labute approximate surface area is 112 Å². The molecule has 0 saturated heterocycles. The summed E-state index contributed by atoms with van der Waals surface area (Å²) in [5.74, 6) is 0.938. The summed E-state index contributed by atoms with van der Waals surface area (Å²) in [4.78, 5) is 2.34. The highest BCUT2D eigenvalue weighted by atomic mass is 79.9. The molecule has 1 rings (SSSR count).